The molecular weight excluding hydrogens is 395 g/mol. The Balaban J connectivity index is 1.55. The topological polar surface area (TPSA) is 34.2 Å². The van der Waals surface area contributed by atoms with Crippen LogP contribution in [0.5, 0.6) is 11.5 Å². The van der Waals surface area contributed by atoms with Crippen molar-refractivity contribution in [1.29, 1.82) is 0 Å². The minimum Gasteiger partial charge on any atom is -0.493 e. The molecule has 0 atom stereocenters. The lowest BCUT2D eigenvalue weighted by Gasteiger charge is -2.35. The van der Waals surface area contributed by atoms with Crippen LogP contribution in [-0.2, 0) is 17.8 Å². The zero-order chi connectivity index (χ0) is 22.1. The van der Waals surface area contributed by atoms with E-state index in [0.717, 1.165) is 62.6 Å². The number of piperidine rings is 1. The molecule has 6 heteroatoms. The van der Waals surface area contributed by atoms with Crippen LogP contribution < -0.4 is 9.47 Å². The third-order valence-corrected chi connectivity index (χ3v) is 6.04. The van der Waals surface area contributed by atoms with Crippen LogP contribution in [0.2, 0.25) is 0 Å². The van der Waals surface area contributed by atoms with Gasteiger partial charge in [0.2, 0.25) is 0 Å². The van der Waals surface area contributed by atoms with Crippen molar-refractivity contribution < 1.29 is 18.6 Å². The summed E-state index contributed by atoms with van der Waals surface area (Å²) in [6.45, 7) is 6.18. The van der Waals surface area contributed by atoms with Gasteiger partial charge in [0.1, 0.15) is 5.82 Å². The molecule has 2 aromatic rings. The largest absolute Gasteiger partial charge is 0.493 e. The Bertz CT molecular complexity index is 809. The molecule has 1 aliphatic heterocycles. The predicted octanol–water partition coefficient (Wildman–Crippen LogP) is 4.20. The van der Waals surface area contributed by atoms with Crippen molar-refractivity contribution in [2.75, 3.05) is 54.1 Å². The van der Waals surface area contributed by atoms with Gasteiger partial charge in [-0.1, -0.05) is 24.3 Å². The van der Waals surface area contributed by atoms with Gasteiger partial charge in [0.05, 0.1) is 20.8 Å². The Morgan fingerprint density at radius 2 is 1.74 bits per heavy atom. The van der Waals surface area contributed by atoms with Gasteiger partial charge in [-0.3, -0.25) is 9.80 Å². The number of hydrogen-bond donors (Lipinski definition) is 0. The molecule has 0 N–H and O–H groups in total. The second-order valence-corrected chi connectivity index (χ2v) is 8.23. The fraction of sp³-hybridized carbons (Fsp3) is 0.520. The first-order valence-corrected chi connectivity index (χ1v) is 11.0. The van der Waals surface area contributed by atoms with Crippen LogP contribution in [0.15, 0.2) is 42.5 Å². The fourth-order valence-corrected chi connectivity index (χ4v) is 4.25. The minimum atomic E-state index is -0.106. The Hall–Kier alpha value is -2.15. The third kappa shape index (κ3) is 6.92. The maximum absolute atomic E-state index is 14.0. The van der Waals surface area contributed by atoms with E-state index in [1.165, 1.54) is 5.56 Å². The fourth-order valence-electron chi connectivity index (χ4n) is 4.25. The third-order valence-electron chi connectivity index (χ3n) is 6.04. The smallest absolute Gasteiger partial charge is 0.161 e. The molecule has 170 valence electrons. The van der Waals surface area contributed by atoms with E-state index >= 15 is 0 Å². The van der Waals surface area contributed by atoms with Crippen molar-refractivity contribution in [3.63, 3.8) is 0 Å². The second-order valence-electron chi connectivity index (χ2n) is 8.23. The first-order valence-electron chi connectivity index (χ1n) is 11.0. The quantitative estimate of drug-likeness (QED) is 0.534. The van der Waals surface area contributed by atoms with Gasteiger partial charge in [-0.15, -0.1) is 0 Å². The molecule has 1 fully saturated rings. The van der Waals surface area contributed by atoms with Crippen LogP contribution in [0.4, 0.5) is 4.39 Å². The number of methoxy groups -OCH3 is 3. The zero-order valence-corrected chi connectivity index (χ0v) is 19.0. The van der Waals surface area contributed by atoms with Gasteiger partial charge in [-0.05, 0) is 55.6 Å². The molecule has 0 bridgehead atoms. The van der Waals surface area contributed by atoms with Crippen LogP contribution in [0.3, 0.4) is 0 Å². The van der Waals surface area contributed by atoms with Gasteiger partial charge in [0.15, 0.2) is 11.5 Å². The summed E-state index contributed by atoms with van der Waals surface area (Å²) >= 11 is 0. The Labute approximate surface area is 185 Å². The van der Waals surface area contributed by atoms with E-state index in [1.54, 1.807) is 33.5 Å². The SMILES string of the molecule is COCCN(Cc1ccc(OC)c(OC)c1)CC1CCN(Cc2ccccc2F)CC1. The second kappa shape index (κ2) is 12.0. The lowest BCUT2D eigenvalue weighted by Crippen LogP contribution is -2.39. The maximum Gasteiger partial charge on any atom is 0.161 e. The van der Waals surface area contributed by atoms with Crippen LogP contribution in [-0.4, -0.2) is 63.9 Å². The standard InChI is InChI=1S/C25H35FN2O3/c1-29-15-14-28(18-21-8-9-24(30-2)25(16-21)31-3)17-20-10-12-27(13-11-20)19-22-6-4-5-7-23(22)26/h4-9,16,20H,10-15,17-19H2,1-3H3. The van der Waals surface area contributed by atoms with Crippen LogP contribution >= 0.6 is 0 Å². The highest BCUT2D eigenvalue weighted by Crippen LogP contribution is 2.28. The van der Waals surface area contributed by atoms with Crippen LogP contribution in [0.25, 0.3) is 0 Å². The van der Waals surface area contributed by atoms with Crippen LogP contribution in [0.1, 0.15) is 24.0 Å². The van der Waals surface area contributed by atoms with Gasteiger partial charge >= 0.3 is 0 Å². The Kier molecular flexibility index (Phi) is 9.13. The summed E-state index contributed by atoms with van der Waals surface area (Å²) in [5.41, 5.74) is 1.99. The summed E-state index contributed by atoms with van der Waals surface area (Å²) in [4.78, 5) is 4.82. The minimum absolute atomic E-state index is 0.106. The first kappa shape index (κ1) is 23.5. The Morgan fingerprint density at radius 3 is 2.42 bits per heavy atom. The van der Waals surface area contributed by atoms with Crippen molar-refractivity contribution in [3.8, 4) is 11.5 Å². The van der Waals surface area contributed by atoms with E-state index in [9.17, 15) is 4.39 Å². The molecule has 5 nitrogen and oxygen atoms in total. The van der Waals surface area contributed by atoms with Gasteiger partial charge in [-0.2, -0.15) is 0 Å². The van der Waals surface area contributed by atoms with E-state index in [1.807, 2.05) is 18.2 Å². The first-order chi connectivity index (χ1) is 15.1. The molecule has 2 aromatic carbocycles. The lowest BCUT2D eigenvalue weighted by atomic mass is 9.95. The van der Waals surface area contributed by atoms with Crippen molar-refractivity contribution >= 4 is 0 Å². The zero-order valence-electron chi connectivity index (χ0n) is 19.0. The summed E-state index contributed by atoms with van der Waals surface area (Å²) in [7, 11) is 5.07. The molecule has 0 amide bonds. The van der Waals surface area contributed by atoms with Crippen molar-refractivity contribution in [3.05, 3.63) is 59.4 Å². The molecule has 0 aromatic heterocycles. The predicted molar refractivity (Wildman–Crippen MR) is 121 cm³/mol. The lowest BCUT2D eigenvalue weighted by molar-refractivity contribution is 0.106. The highest BCUT2D eigenvalue weighted by atomic mass is 19.1. The maximum atomic E-state index is 14.0. The highest BCUT2D eigenvalue weighted by Gasteiger charge is 2.22. The molecule has 1 saturated heterocycles. The normalized spacial score (nSPS) is 15.4. The molecule has 1 heterocycles. The summed E-state index contributed by atoms with van der Waals surface area (Å²) in [6.07, 6.45) is 2.26. The van der Waals surface area contributed by atoms with E-state index in [0.29, 0.717) is 19.1 Å². The average Bonchev–Trinajstić information content (AvgIpc) is 2.80. The molecule has 0 unspecified atom stereocenters. The van der Waals surface area contributed by atoms with Gasteiger partial charge in [-0.25, -0.2) is 4.39 Å². The highest BCUT2D eigenvalue weighted by molar-refractivity contribution is 5.42. The average molecular weight is 431 g/mol. The van der Waals surface area contributed by atoms with E-state index in [4.69, 9.17) is 14.2 Å². The number of nitrogens with zero attached hydrogens (tertiary/aromatic N) is 2. The number of ether oxygens (including phenoxy) is 3. The van der Waals surface area contributed by atoms with E-state index < -0.39 is 0 Å². The molecule has 3 rings (SSSR count). The molecule has 0 spiro atoms. The van der Waals surface area contributed by atoms with Crippen molar-refractivity contribution in [2.24, 2.45) is 5.92 Å². The van der Waals surface area contributed by atoms with E-state index in [2.05, 4.69) is 21.9 Å². The van der Waals surface area contributed by atoms with E-state index in [-0.39, 0.29) is 5.82 Å². The summed E-state index contributed by atoms with van der Waals surface area (Å²) in [5, 5.41) is 0. The Morgan fingerprint density at radius 1 is 1.00 bits per heavy atom. The summed E-state index contributed by atoms with van der Waals surface area (Å²) < 4.78 is 30.1. The van der Waals surface area contributed by atoms with Crippen LogP contribution in [0, 0.1) is 11.7 Å². The molecule has 0 saturated carbocycles. The van der Waals surface area contributed by atoms with Crippen molar-refractivity contribution in [2.45, 2.75) is 25.9 Å². The molecule has 0 radical (unpaired) electrons. The van der Waals surface area contributed by atoms with Gasteiger partial charge in [0, 0.05) is 38.9 Å². The van der Waals surface area contributed by atoms with Gasteiger partial charge in [0.25, 0.3) is 0 Å². The molecule has 1 aliphatic rings. The summed E-state index contributed by atoms with van der Waals surface area (Å²) in [6, 6.07) is 13.2. The summed E-state index contributed by atoms with van der Waals surface area (Å²) in [5.74, 6) is 2.03. The van der Waals surface area contributed by atoms with Crippen molar-refractivity contribution in [1.82, 2.24) is 9.80 Å². The molecular formula is C25H35FN2O3. The number of benzene rings is 2. The number of rotatable bonds is 11. The molecule has 0 aliphatic carbocycles. The number of hydrogen-bond acceptors (Lipinski definition) is 5. The number of halogens is 1. The monoisotopic (exact) mass is 430 g/mol. The van der Waals surface area contributed by atoms with Gasteiger partial charge < -0.3 is 14.2 Å². The number of likely N-dealkylation sites (tertiary alicyclic amines) is 1. The molecule has 31 heavy (non-hydrogen) atoms.